The van der Waals surface area contributed by atoms with Crippen molar-refractivity contribution in [3.8, 4) is 0 Å². The summed E-state index contributed by atoms with van der Waals surface area (Å²) < 4.78 is 48.3. The van der Waals surface area contributed by atoms with Gasteiger partial charge in [-0.2, -0.15) is 4.31 Å². The molecule has 21 heavy (non-hydrogen) atoms. The summed E-state index contributed by atoms with van der Waals surface area (Å²) in [5.74, 6) is -0.189. The van der Waals surface area contributed by atoms with Crippen LogP contribution in [0.2, 0.25) is 0 Å². The highest BCUT2D eigenvalue weighted by atomic mass is 32.2. The molecule has 1 N–H and O–H groups in total. The van der Waals surface area contributed by atoms with Crippen molar-refractivity contribution < 1.29 is 16.8 Å². The van der Waals surface area contributed by atoms with Crippen molar-refractivity contribution in [3.05, 3.63) is 23.8 Å². The molecule has 1 heterocycles. The van der Waals surface area contributed by atoms with E-state index in [0.29, 0.717) is 0 Å². The smallest absolute Gasteiger partial charge is 0.242 e. The first-order valence-corrected chi connectivity index (χ1v) is 10.2. The van der Waals surface area contributed by atoms with Gasteiger partial charge in [-0.05, 0) is 30.5 Å². The molecule has 0 unspecified atom stereocenters. The van der Waals surface area contributed by atoms with Crippen LogP contribution in [0, 0.1) is 0 Å². The molecule has 1 aliphatic heterocycles. The Labute approximate surface area is 126 Å². The van der Waals surface area contributed by atoms with Gasteiger partial charge in [0.2, 0.25) is 10.0 Å². The van der Waals surface area contributed by atoms with Gasteiger partial charge in [0.15, 0.2) is 0 Å². The minimum Gasteiger partial charge on any atom is -0.385 e. The molecule has 0 radical (unpaired) electrons. The van der Waals surface area contributed by atoms with Crippen molar-refractivity contribution in [2.24, 2.45) is 0 Å². The molecule has 0 fully saturated rings. The topological polar surface area (TPSA) is 83.6 Å². The van der Waals surface area contributed by atoms with E-state index in [1.807, 2.05) is 6.07 Å². The lowest BCUT2D eigenvalue weighted by atomic mass is 10.0. The van der Waals surface area contributed by atoms with Crippen LogP contribution < -0.4 is 5.32 Å². The number of hydrogen-bond donors (Lipinski definition) is 1. The lowest BCUT2D eigenvalue weighted by Crippen LogP contribution is -2.31. The van der Waals surface area contributed by atoms with E-state index in [2.05, 4.69) is 5.32 Å². The quantitative estimate of drug-likeness (QED) is 0.858. The Bertz CT molecular complexity index is 727. The maximum Gasteiger partial charge on any atom is 0.242 e. The van der Waals surface area contributed by atoms with E-state index < -0.39 is 19.9 Å². The molecule has 1 aromatic carbocycles. The highest BCUT2D eigenvalue weighted by Crippen LogP contribution is 2.26. The minimum absolute atomic E-state index is 0.0499. The molecule has 0 bridgehead atoms. The highest BCUT2D eigenvalue weighted by Gasteiger charge is 2.23. The Hall–Kier alpha value is -1.12. The summed E-state index contributed by atoms with van der Waals surface area (Å²) in [7, 11) is -5.46. The van der Waals surface area contributed by atoms with Gasteiger partial charge >= 0.3 is 0 Å². The van der Waals surface area contributed by atoms with Crippen molar-refractivity contribution in [1.82, 2.24) is 4.31 Å². The third-order valence-electron chi connectivity index (χ3n) is 3.50. The lowest BCUT2D eigenvalue weighted by Gasteiger charge is -2.21. The highest BCUT2D eigenvalue weighted by molar-refractivity contribution is 7.91. The molecule has 0 atom stereocenters. The largest absolute Gasteiger partial charge is 0.385 e. The minimum atomic E-state index is -3.67. The maximum absolute atomic E-state index is 12.4. The summed E-state index contributed by atoms with van der Waals surface area (Å²) in [5, 5.41) is 3.19. The van der Waals surface area contributed by atoms with Gasteiger partial charge in [0.05, 0.1) is 10.6 Å². The van der Waals surface area contributed by atoms with Crippen molar-refractivity contribution in [2.75, 3.05) is 37.5 Å². The molecule has 1 aliphatic rings. The van der Waals surface area contributed by atoms with Crippen LogP contribution in [0.3, 0.4) is 0 Å². The fraction of sp³-hybridized carbons (Fsp3) is 0.538. The molecule has 0 aliphatic carbocycles. The Balaban J connectivity index is 2.23. The van der Waals surface area contributed by atoms with Crippen LogP contribution in [0.15, 0.2) is 23.1 Å². The zero-order valence-corrected chi connectivity index (χ0v) is 13.8. The third-order valence-corrected chi connectivity index (χ3v) is 6.28. The van der Waals surface area contributed by atoms with Crippen molar-refractivity contribution in [1.29, 1.82) is 0 Å². The fourth-order valence-corrected chi connectivity index (χ4v) is 4.11. The SMILES string of the molecule is CN(CCS(C)(=O)=O)S(=O)(=O)c1ccc2c(c1)NCCC2. The van der Waals surface area contributed by atoms with Gasteiger partial charge in [-0.1, -0.05) is 6.07 Å². The molecule has 6 nitrogen and oxygen atoms in total. The van der Waals surface area contributed by atoms with Gasteiger partial charge in [-0.15, -0.1) is 0 Å². The van der Waals surface area contributed by atoms with Gasteiger partial charge in [0.1, 0.15) is 9.84 Å². The van der Waals surface area contributed by atoms with E-state index >= 15 is 0 Å². The predicted octanol–water partition coefficient (Wildman–Crippen LogP) is 0.710. The van der Waals surface area contributed by atoms with E-state index in [9.17, 15) is 16.8 Å². The number of nitrogens with zero attached hydrogens (tertiary/aromatic N) is 1. The Morgan fingerprint density at radius 1 is 1.24 bits per heavy atom. The molecular weight excluding hydrogens is 312 g/mol. The second-order valence-electron chi connectivity index (χ2n) is 5.31. The van der Waals surface area contributed by atoms with Gasteiger partial charge < -0.3 is 5.32 Å². The van der Waals surface area contributed by atoms with Crippen LogP contribution in [-0.4, -0.2) is 53.3 Å². The maximum atomic E-state index is 12.4. The zero-order chi connectivity index (χ0) is 15.7. The third kappa shape index (κ3) is 3.96. The monoisotopic (exact) mass is 332 g/mol. The van der Waals surface area contributed by atoms with E-state index in [0.717, 1.165) is 41.2 Å². The number of hydrogen-bond acceptors (Lipinski definition) is 5. The lowest BCUT2D eigenvalue weighted by molar-refractivity contribution is 0.485. The van der Waals surface area contributed by atoms with E-state index in [-0.39, 0.29) is 17.2 Å². The van der Waals surface area contributed by atoms with Crippen LogP contribution in [0.4, 0.5) is 5.69 Å². The second-order valence-corrected chi connectivity index (χ2v) is 9.61. The first-order chi connectivity index (χ1) is 9.70. The van der Waals surface area contributed by atoms with Crippen molar-refractivity contribution in [3.63, 3.8) is 0 Å². The fourth-order valence-electron chi connectivity index (χ4n) is 2.19. The predicted molar refractivity (Wildman–Crippen MR) is 82.8 cm³/mol. The van der Waals surface area contributed by atoms with Crippen molar-refractivity contribution >= 4 is 25.5 Å². The van der Waals surface area contributed by atoms with Crippen LogP contribution >= 0.6 is 0 Å². The number of anilines is 1. The van der Waals surface area contributed by atoms with Gasteiger partial charge in [-0.3, -0.25) is 0 Å². The van der Waals surface area contributed by atoms with Crippen LogP contribution in [-0.2, 0) is 26.3 Å². The summed E-state index contributed by atoms with van der Waals surface area (Å²) >= 11 is 0. The van der Waals surface area contributed by atoms with Gasteiger partial charge in [0, 0.05) is 32.1 Å². The van der Waals surface area contributed by atoms with E-state index in [4.69, 9.17) is 0 Å². The molecule has 1 aromatic rings. The summed E-state index contributed by atoms with van der Waals surface area (Å²) in [6.07, 6.45) is 3.07. The summed E-state index contributed by atoms with van der Waals surface area (Å²) in [6.45, 7) is 0.784. The Morgan fingerprint density at radius 2 is 1.95 bits per heavy atom. The normalized spacial score (nSPS) is 15.6. The molecule has 0 saturated carbocycles. The van der Waals surface area contributed by atoms with E-state index in [1.54, 1.807) is 12.1 Å². The number of benzene rings is 1. The molecule has 2 rings (SSSR count). The van der Waals surface area contributed by atoms with Crippen LogP contribution in [0.5, 0.6) is 0 Å². The molecule has 0 aromatic heterocycles. The number of aryl methyl sites for hydroxylation is 1. The standard InChI is InChI=1S/C13H20N2O4S2/c1-15(8-9-20(2,16)17)21(18,19)12-6-5-11-4-3-7-14-13(11)10-12/h5-6,10,14H,3-4,7-9H2,1-2H3. The number of nitrogens with one attached hydrogen (secondary N) is 1. The molecule has 8 heteroatoms. The number of rotatable bonds is 5. The van der Waals surface area contributed by atoms with Gasteiger partial charge in [0.25, 0.3) is 0 Å². The first-order valence-electron chi connectivity index (χ1n) is 6.71. The second kappa shape index (κ2) is 5.94. The number of sulfonamides is 1. The molecule has 0 spiro atoms. The molecule has 0 amide bonds. The Morgan fingerprint density at radius 3 is 2.62 bits per heavy atom. The molecular formula is C13H20N2O4S2. The summed E-state index contributed by atoms with van der Waals surface area (Å²) in [6, 6.07) is 5.03. The van der Waals surface area contributed by atoms with Crippen molar-refractivity contribution in [2.45, 2.75) is 17.7 Å². The first kappa shape index (κ1) is 16.3. The average Bonchev–Trinajstić information content (AvgIpc) is 2.43. The number of sulfone groups is 1. The molecule has 118 valence electrons. The molecule has 0 saturated heterocycles. The Kier molecular flexibility index (Phi) is 4.60. The van der Waals surface area contributed by atoms with Gasteiger partial charge in [-0.25, -0.2) is 16.8 Å². The summed E-state index contributed by atoms with van der Waals surface area (Å²) in [5.41, 5.74) is 1.96. The van der Waals surface area contributed by atoms with Crippen LogP contribution in [0.25, 0.3) is 0 Å². The summed E-state index contributed by atoms with van der Waals surface area (Å²) in [4.78, 5) is 0.187. The average molecular weight is 332 g/mol. The zero-order valence-electron chi connectivity index (χ0n) is 12.2. The number of fused-ring (bicyclic) bond motifs is 1. The van der Waals surface area contributed by atoms with Crippen LogP contribution in [0.1, 0.15) is 12.0 Å². The van der Waals surface area contributed by atoms with E-state index in [1.165, 1.54) is 7.05 Å².